The number of carboxylic acids is 1. The standard InChI is InChI=1S/C11H18N2O4S2/c1-8(7-18-4)13(3)19(16,17)9-5-10(11(14)15)12(2)6-9/h5-6,8H,7H2,1-4H3,(H,14,15). The molecule has 0 saturated heterocycles. The minimum atomic E-state index is -3.66. The molecule has 1 unspecified atom stereocenters. The number of carboxylic acid groups (broad SMARTS) is 1. The molecule has 0 aliphatic heterocycles. The van der Waals surface area contributed by atoms with Gasteiger partial charge in [-0.15, -0.1) is 0 Å². The summed E-state index contributed by atoms with van der Waals surface area (Å²) in [5.41, 5.74) is -0.0514. The lowest BCUT2D eigenvalue weighted by Crippen LogP contribution is -2.36. The first kappa shape index (κ1) is 16.1. The minimum absolute atomic E-state index is 0.00264. The van der Waals surface area contributed by atoms with Gasteiger partial charge in [-0.3, -0.25) is 0 Å². The zero-order chi connectivity index (χ0) is 14.8. The Kier molecular flexibility index (Phi) is 5.05. The van der Waals surface area contributed by atoms with E-state index < -0.39 is 16.0 Å². The Morgan fingerprint density at radius 1 is 1.58 bits per heavy atom. The molecular weight excluding hydrogens is 288 g/mol. The fourth-order valence-corrected chi connectivity index (χ4v) is 3.87. The SMILES string of the molecule is CSCC(C)N(C)S(=O)(=O)c1cc(C(=O)O)n(C)c1. The van der Waals surface area contributed by atoms with Crippen molar-refractivity contribution in [3.05, 3.63) is 18.0 Å². The number of aromatic carboxylic acids is 1. The third-order valence-electron chi connectivity index (χ3n) is 2.90. The molecule has 0 spiro atoms. The van der Waals surface area contributed by atoms with Crippen LogP contribution in [-0.2, 0) is 17.1 Å². The van der Waals surface area contributed by atoms with Crippen LogP contribution in [0.15, 0.2) is 17.2 Å². The van der Waals surface area contributed by atoms with Crippen LogP contribution in [0.5, 0.6) is 0 Å². The van der Waals surface area contributed by atoms with Gasteiger partial charge >= 0.3 is 5.97 Å². The van der Waals surface area contributed by atoms with E-state index >= 15 is 0 Å². The predicted octanol–water partition coefficient (Wildman–Crippen LogP) is 1.10. The van der Waals surface area contributed by atoms with Crippen LogP contribution in [-0.4, -0.2) is 53.5 Å². The highest BCUT2D eigenvalue weighted by Gasteiger charge is 2.27. The summed E-state index contributed by atoms with van der Waals surface area (Å²) in [6, 6.07) is 1.02. The van der Waals surface area contributed by atoms with Gasteiger partial charge in [0.1, 0.15) is 10.6 Å². The Hall–Kier alpha value is -0.990. The average molecular weight is 306 g/mol. The molecule has 0 aliphatic rings. The number of rotatable bonds is 6. The van der Waals surface area contributed by atoms with E-state index in [-0.39, 0.29) is 16.6 Å². The number of hydrogen-bond donors (Lipinski definition) is 1. The molecule has 1 aromatic heterocycles. The largest absolute Gasteiger partial charge is 0.477 e. The molecule has 0 radical (unpaired) electrons. The zero-order valence-corrected chi connectivity index (χ0v) is 13.0. The fourth-order valence-electron chi connectivity index (χ4n) is 1.64. The van der Waals surface area contributed by atoms with Crippen molar-refractivity contribution in [2.45, 2.75) is 17.9 Å². The molecular formula is C11H18N2O4S2. The van der Waals surface area contributed by atoms with E-state index in [4.69, 9.17) is 5.11 Å². The number of nitrogens with zero attached hydrogens (tertiary/aromatic N) is 2. The molecule has 0 saturated carbocycles. The molecule has 6 nitrogen and oxygen atoms in total. The highest BCUT2D eigenvalue weighted by Crippen LogP contribution is 2.20. The Morgan fingerprint density at radius 3 is 2.58 bits per heavy atom. The van der Waals surface area contributed by atoms with Gasteiger partial charge in [-0.05, 0) is 19.2 Å². The first-order chi connectivity index (χ1) is 8.71. The molecule has 1 atom stereocenters. The van der Waals surface area contributed by atoms with Crippen LogP contribution in [0.1, 0.15) is 17.4 Å². The van der Waals surface area contributed by atoms with E-state index in [1.807, 2.05) is 13.2 Å². The number of carbonyl (C=O) groups is 1. The van der Waals surface area contributed by atoms with Crippen molar-refractivity contribution in [3.8, 4) is 0 Å². The van der Waals surface area contributed by atoms with E-state index in [9.17, 15) is 13.2 Å². The van der Waals surface area contributed by atoms with Gasteiger partial charge in [-0.25, -0.2) is 13.2 Å². The normalized spacial score (nSPS) is 13.7. The van der Waals surface area contributed by atoms with Gasteiger partial charge in [0.15, 0.2) is 0 Å². The van der Waals surface area contributed by atoms with Crippen molar-refractivity contribution in [2.24, 2.45) is 7.05 Å². The number of aromatic nitrogens is 1. The molecule has 1 aromatic rings. The molecule has 0 fully saturated rings. The van der Waals surface area contributed by atoms with Gasteiger partial charge in [-0.1, -0.05) is 0 Å². The van der Waals surface area contributed by atoms with Crippen molar-refractivity contribution in [3.63, 3.8) is 0 Å². The van der Waals surface area contributed by atoms with Crippen LogP contribution in [0.25, 0.3) is 0 Å². The van der Waals surface area contributed by atoms with Crippen LogP contribution in [0.2, 0.25) is 0 Å². The quantitative estimate of drug-likeness (QED) is 0.851. The number of aryl methyl sites for hydroxylation is 1. The summed E-state index contributed by atoms with van der Waals surface area (Å²) in [5, 5.41) is 8.94. The third-order valence-corrected chi connectivity index (χ3v) is 5.66. The Morgan fingerprint density at radius 2 is 2.16 bits per heavy atom. The Labute approximate surface area is 117 Å². The maximum Gasteiger partial charge on any atom is 0.352 e. The molecule has 1 N–H and O–H groups in total. The number of sulfonamides is 1. The number of hydrogen-bond acceptors (Lipinski definition) is 4. The van der Waals surface area contributed by atoms with Crippen LogP contribution in [0, 0.1) is 0 Å². The van der Waals surface area contributed by atoms with E-state index in [1.54, 1.807) is 11.8 Å². The summed E-state index contributed by atoms with van der Waals surface area (Å²) >= 11 is 1.56. The highest BCUT2D eigenvalue weighted by molar-refractivity contribution is 7.98. The van der Waals surface area contributed by atoms with E-state index in [1.165, 1.54) is 35.2 Å². The van der Waals surface area contributed by atoms with Gasteiger partial charge in [0, 0.05) is 32.1 Å². The van der Waals surface area contributed by atoms with Crippen LogP contribution < -0.4 is 0 Å². The van der Waals surface area contributed by atoms with Crippen molar-refractivity contribution in [2.75, 3.05) is 19.1 Å². The van der Waals surface area contributed by atoms with Crippen molar-refractivity contribution in [1.82, 2.24) is 8.87 Å². The summed E-state index contributed by atoms with van der Waals surface area (Å²) < 4.78 is 27.3. The second kappa shape index (κ2) is 5.98. The molecule has 0 bridgehead atoms. The van der Waals surface area contributed by atoms with Crippen molar-refractivity contribution in [1.29, 1.82) is 0 Å². The van der Waals surface area contributed by atoms with Crippen LogP contribution in [0.4, 0.5) is 0 Å². The molecule has 8 heteroatoms. The molecule has 19 heavy (non-hydrogen) atoms. The molecule has 0 amide bonds. The summed E-state index contributed by atoms with van der Waals surface area (Å²) in [5.74, 6) is -0.474. The average Bonchev–Trinajstić information content (AvgIpc) is 2.71. The fraction of sp³-hybridized carbons (Fsp3) is 0.545. The maximum atomic E-state index is 12.3. The molecule has 1 rings (SSSR count). The lowest BCUT2D eigenvalue weighted by Gasteiger charge is -2.22. The Balaban J connectivity index is 3.13. The first-order valence-corrected chi connectivity index (χ1v) is 8.41. The van der Waals surface area contributed by atoms with Gasteiger partial charge < -0.3 is 9.67 Å². The summed E-state index contributed by atoms with van der Waals surface area (Å²) in [6.45, 7) is 1.81. The van der Waals surface area contributed by atoms with Crippen molar-refractivity contribution < 1.29 is 18.3 Å². The molecule has 108 valence electrons. The Bertz CT molecular complexity index is 565. The van der Waals surface area contributed by atoms with Gasteiger partial charge in [-0.2, -0.15) is 16.1 Å². The predicted molar refractivity (Wildman–Crippen MR) is 75.2 cm³/mol. The second-order valence-corrected chi connectivity index (χ2v) is 7.21. The smallest absolute Gasteiger partial charge is 0.352 e. The van der Waals surface area contributed by atoms with Gasteiger partial charge in [0.25, 0.3) is 0 Å². The molecule has 0 aromatic carbocycles. The van der Waals surface area contributed by atoms with Crippen LogP contribution >= 0.6 is 11.8 Å². The van der Waals surface area contributed by atoms with Gasteiger partial charge in [0.2, 0.25) is 10.0 Å². The summed E-state index contributed by atoms with van der Waals surface area (Å²) in [6.07, 6.45) is 3.23. The van der Waals surface area contributed by atoms with Gasteiger partial charge in [0.05, 0.1) is 0 Å². The second-order valence-electron chi connectivity index (χ2n) is 4.30. The highest BCUT2D eigenvalue weighted by atomic mass is 32.2. The first-order valence-electron chi connectivity index (χ1n) is 5.58. The van der Waals surface area contributed by atoms with E-state index in [0.717, 1.165) is 0 Å². The third kappa shape index (κ3) is 3.31. The number of thioether (sulfide) groups is 1. The molecule has 0 aliphatic carbocycles. The maximum absolute atomic E-state index is 12.3. The zero-order valence-electron chi connectivity index (χ0n) is 11.3. The molecule has 1 heterocycles. The minimum Gasteiger partial charge on any atom is -0.477 e. The lowest BCUT2D eigenvalue weighted by molar-refractivity contribution is 0.0686. The van der Waals surface area contributed by atoms with E-state index in [0.29, 0.717) is 5.75 Å². The van der Waals surface area contributed by atoms with Crippen LogP contribution in [0.3, 0.4) is 0 Å². The topological polar surface area (TPSA) is 79.6 Å². The lowest BCUT2D eigenvalue weighted by atomic mass is 10.4. The van der Waals surface area contributed by atoms with E-state index in [2.05, 4.69) is 0 Å². The monoisotopic (exact) mass is 306 g/mol. The summed E-state index contributed by atoms with van der Waals surface area (Å²) in [7, 11) is -0.648. The summed E-state index contributed by atoms with van der Waals surface area (Å²) in [4.78, 5) is 10.9. The van der Waals surface area contributed by atoms with Crippen molar-refractivity contribution >= 4 is 27.8 Å².